The monoisotopic (exact) mass is 527 g/mol. The minimum absolute atomic E-state index is 0.344. The van der Waals surface area contributed by atoms with E-state index in [0.717, 1.165) is 17.7 Å². The van der Waals surface area contributed by atoms with Crippen LogP contribution in [-0.2, 0) is 5.41 Å². The van der Waals surface area contributed by atoms with Crippen molar-refractivity contribution in [3.8, 4) is 22.3 Å². The molecule has 198 valence electrons. The first-order chi connectivity index (χ1) is 20.1. The molecule has 0 N–H and O–H groups in total. The maximum absolute atomic E-state index is 4.97. The molecule has 0 saturated carbocycles. The van der Waals surface area contributed by atoms with Gasteiger partial charge in [-0.15, -0.1) is 0 Å². The lowest BCUT2D eigenvalue weighted by Gasteiger charge is -2.46. The van der Waals surface area contributed by atoms with Gasteiger partial charge in [0.05, 0.1) is 11.1 Å². The molecule has 0 atom stereocenters. The van der Waals surface area contributed by atoms with Gasteiger partial charge in [-0.1, -0.05) is 122 Å². The van der Waals surface area contributed by atoms with Crippen LogP contribution in [-0.4, -0.2) is 6.21 Å². The van der Waals surface area contributed by atoms with Crippen LogP contribution in [0.25, 0.3) is 22.3 Å². The summed E-state index contributed by atoms with van der Waals surface area (Å²) in [6.45, 7) is 9.19. The van der Waals surface area contributed by atoms with Crippen LogP contribution in [0.5, 0.6) is 0 Å². The average molecular weight is 528 g/mol. The van der Waals surface area contributed by atoms with E-state index < -0.39 is 5.41 Å². The number of rotatable bonds is 3. The van der Waals surface area contributed by atoms with Crippen molar-refractivity contribution in [1.29, 1.82) is 0 Å². The van der Waals surface area contributed by atoms with E-state index in [-0.39, 0.29) is 0 Å². The topological polar surface area (TPSA) is 12.4 Å². The number of hydrogen-bond donors (Lipinski definition) is 0. The Morgan fingerprint density at radius 2 is 1.27 bits per heavy atom. The molecule has 5 aromatic rings. The second-order valence-corrected chi connectivity index (χ2v) is 11.2. The molecule has 0 radical (unpaired) electrons. The van der Waals surface area contributed by atoms with Crippen molar-refractivity contribution in [3.05, 3.63) is 173 Å². The molecule has 1 aliphatic carbocycles. The number of nitrogens with zero attached hydrogens (tertiary/aromatic N) is 1. The SMILES string of the molecule is C=C1/C=C\C=Nc2ccc(-c3cccc(-c4cccc(C)c4)c3)cc2C12c1ccccc1C(CC)c1ccccc12. The Hall–Kier alpha value is -4.75. The van der Waals surface area contributed by atoms with E-state index in [1.54, 1.807) is 0 Å². The summed E-state index contributed by atoms with van der Waals surface area (Å²) in [7, 11) is 0. The largest absolute Gasteiger partial charge is 0.257 e. The molecule has 0 aromatic heterocycles. The fourth-order valence-electron chi connectivity index (χ4n) is 7.09. The van der Waals surface area contributed by atoms with Gasteiger partial charge in [0.15, 0.2) is 0 Å². The van der Waals surface area contributed by atoms with Crippen LogP contribution < -0.4 is 0 Å². The van der Waals surface area contributed by atoms with Gasteiger partial charge in [0, 0.05) is 12.1 Å². The van der Waals surface area contributed by atoms with E-state index in [0.29, 0.717) is 5.92 Å². The van der Waals surface area contributed by atoms with Crippen LogP contribution in [0, 0.1) is 6.92 Å². The van der Waals surface area contributed by atoms with Gasteiger partial charge in [-0.25, -0.2) is 0 Å². The average Bonchev–Trinajstić information content (AvgIpc) is 3.01. The van der Waals surface area contributed by atoms with Crippen molar-refractivity contribution in [3.63, 3.8) is 0 Å². The molecule has 1 aliphatic heterocycles. The van der Waals surface area contributed by atoms with Crippen molar-refractivity contribution in [1.82, 2.24) is 0 Å². The summed E-state index contributed by atoms with van der Waals surface area (Å²) in [6, 6.07) is 42.3. The first kappa shape index (κ1) is 25.2. The van der Waals surface area contributed by atoms with Crippen LogP contribution >= 0.6 is 0 Å². The van der Waals surface area contributed by atoms with E-state index in [1.165, 1.54) is 55.6 Å². The summed E-state index contributed by atoms with van der Waals surface area (Å²) in [5.74, 6) is 0.344. The molecule has 0 amide bonds. The molecule has 0 bridgehead atoms. The Morgan fingerprint density at radius 1 is 0.659 bits per heavy atom. The van der Waals surface area contributed by atoms with Crippen LogP contribution in [0.2, 0.25) is 0 Å². The molecular weight excluding hydrogens is 494 g/mol. The Kier molecular flexibility index (Phi) is 6.16. The lowest BCUT2D eigenvalue weighted by Crippen LogP contribution is -2.37. The predicted molar refractivity (Wildman–Crippen MR) is 173 cm³/mol. The second-order valence-electron chi connectivity index (χ2n) is 11.2. The van der Waals surface area contributed by atoms with Gasteiger partial charge in [0.2, 0.25) is 0 Å². The van der Waals surface area contributed by atoms with Gasteiger partial charge < -0.3 is 0 Å². The highest BCUT2D eigenvalue weighted by molar-refractivity contribution is 5.84. The first-order valence-electron chi connectivity index (χ1n) is 14.5. The lowest BCUT2D eigenvalue weighted by molar-refractivity contribution is 0.640. The third-order valence-corrected chi connectivity index (χ3v) is 8.92. The van der Waals surface area contributed by atoms with Gasteiger partial charge in [-0.2, -0.15) is 0 Å². The number of aliphatic imine (C=N–C) groups is 1. The molecule has 1 heteroatoms. The van der Waals surface area contributed by atoms with Gasteiger partial charge in [0.1, 0.15) is 0 Å². The molecule has 1 heterocycles. The number of hydrogen-bond acceptors (Lipinski definition) is 1. The molecule has 1 spiro atoms. The summed E-state index contributed by atoms with van der Waals surface area (Å²) in [4.78, 5) is 4.97. The molecule has 7 rings (SSSR count). The number of benzene rings is 5. The van der Waals surface area contributed by atoms with Crippen LogP contribution in [0.4, 0.5) is 5.69 Å². The summed E-state index contributed by atoms with van der Waals surface area (Å²) in [5, 5.41) is 0. The molecule has 5 aromatic carbocycles. The van der Waals surface area contributed by atoms with Crippen molar-refractivity contribution < 1.29 is 0 Å². The second kappa shape index (κ2) is 10.0. The standard InChI is InChI=1S/C40H33N/c1-4-33-34-17-5-7-19-36(34)40(37-20-8-6-18-35(33)37)28(3)13-11-23-41-39-22-21-32(26-38(39)40)31-16-10-15-30(25-31)29-14-9-12-27(2)24-29/h5-26,33H,3-4H2,1-2H3/b13-11-,41-23?. The van der Waals surface area contributed by atoms with Crippen LogP contribution in [0.15, 0.2) is 145 Å². The molecule has 2 aliphatic rings. The number of fused-ring (bicyclic) bond motifs is 6. The minimum Gasteiger partial charge on any atom is -0.257 e. The van der Waals surface area contributed by atoms with Gasteiger partial charge in [-0.3, -0.25) is 4.99 Å². The third-order valence-electron chi connectivity index (χ3n) is 8.92. The maximum Gasteiger partial charge on any atom is 0.0722 e. The van der Waals surface area contributed by atoms with E-state index in [1.807, 2.05) is 12.3 Å². The molecule has 0 saturated heterocycles. The van der Waals surface area contributed by atoms with Crippen molar-refractivity contribution in [2.75, 3.05) is 0 Å². The molecule has 1 nitrogen and oxygen atoms in total. The smallest absolute Gasteiger partial charge is 0.0722 e. The van der Waals surface area contributed by atoms with E-state index in [9.17, 15) is 0 Å². The Labute approximate surface area is 243 Å². The highest BCUT2D eigenvalue weighted by Crippen LogP contribution is 2.57. The van der Waals surface area contributed by atoms with Crippen molar-refractivity contribution in [2.45, 2.75) is 31.6 Å². The highest BCUT2D eigenvalue weighted by Gasteiger charge is 2.47. The first-order valence-corrected chi connectivity index (χ1v) is 14.5. The summed E-state index contributed by atoms with van der Waals surface area (Å²) in [5.41, 5.74) is 14.1. The fourth-order valence-corrected chi connectivity index (χ4v) is 7.09. The summed E-state index contributed by atoms with van der Waals surface area (Å²) < 4.78 is 0. The Bertz CT molecular complexity index is 1820. The van der Waals surface area contributed by atoms with Gasteiger partial charge >= 0.3 is 0 Å². The number of aryl methyl sites for hydroxylation is 1. The highest BCUT2D eigenvalue weighted by atomic mass is 14.7. The third kappa shape index (κ3) is 3.96. The summed E-state index contributed by atoms with van der Waals surface area (Å²) >= 11 is 0. The van der Waals surface area contributed by atoms with Crippen molar-refractivity contribution in [2.24, 2.45) is 4.99 Å². The van der Waals surface area contributed by atoms with Crippen LogP contribution in [0.3, 0.4) is 0 Å². The zero-order valence-corrected chi connectivity index (χ0v) is 23.6. The fraction of sp³-hybridized carbons (Fsp3) is 0.125. The zero-order valence-electron chi connectivity index (χ0n) is 23.6. The van der Waals surface area contributed by atoms with Crippen LogP contribution in [0.1, 0.15) is 52.6 Å². The lowest BCUT2D eigenvalue weighted by atomic mass is 9.56. The normalized spacial score (nSPS) is 19.6. The Balaban J connectivity index is 1.51. The van der Waals surface area contributed by atoms with E-state index in [2.05, 4.69) is 135 Å². The minimum atomic E-state index is -0.549. The predicted octanol–water partition coefficient (Wildman–Crippen LogP) is 10.3. The maximum atomic E-state index is 4.97. The molecule has 0 unspecified atom stereocenters. The quantitative estimate of drug-likeness (QED) is 0.221. The van der Waals surface area contributed by atoms with Gasteiger partial charge in [0.25, 0.3) is 0 Å². The molecular formula is C40H33N. The summed E-state index contributed by atoms with van der Waals surface area (Å²) in [6.07, 6.45) is 7.12. The van der Waals surface area contributed by atoms with Gasteiger partial charge in [-0.05, 0) is 93.3 Å². The Morgan fingerprint density at radius 3 is 1.93 bits per heavy atom. The van der Waals surface area contributed by atoms with Crippen molar-refractivity contribution >= 4 is 11.9 Å². The molecule has 41 heavy (non-hydrogen) atoms. The van der Waals surface area contributed by atoms with E-state index >= 15 is 0 Å². The zero-order chi connectivity index (χ0) is 28.0. The molecule has 0 fully saturated rings. The van der Waals surface area contributed by atoms with E-state index in [4.69, 9.17) is 11.6 Å². The number of allylic oxidation sites excluding steroid dienone is 3.